The van der Waals surface area contributed by atoms with Crippen LogP contribution in [0.5, 0.6) is 0 Å². The van der Waals surface area contributed by atoms with Gasteiger partial charge in [0.1, 0.15) is 0 Å². The van der Waals surface area contributed by atoms with E-state index in [9.17, 15) is 4.79 Å². The van der Waals surface area contributed by atoms with E-state index in [1.807, 2.05) is 0 Å². The lowest BCUT2D eigenvalue weighted by Crippen LogP contribution is -2.42. The fourth-order valence-corrected chi connectivity index (χ4v) is 1.96. The van der Waals surface area contributed by atoms with Gasteiger partial charge in [0.15, 0.2) is 0 Å². The molecule has 1 fully saturated rings. The second-order valence-electron chi connectivity index (χ2n) is 4.26. The van der Waals surface area contributed by atoms with Gasteiger partial charge in [0.2, 0.25) is 5.91 Å². The Morgan fingerprint density at radius 1 is 1.69 bits per heavy atom. The van der Waals surface area contributed by atoms with Crippen LogP contribution in [0.2, 0.25) is 0 Å². The molecule has 1 rings (SSSR count). The van der Waals surface area contributed by atoms with Crippen molar-refractivity contribution in [2.75, 3.05) is 19.7 Å². The van der Waals surface area contributed by atoms with Gasteiger partial charge >= 0.3 is 0 Å². The summed E-state index contributed by atoms with van der Waals surface area (Å²) < 4.78 is 4.98. The predicted octanol–water partition coefficient (Wildman–Crippen LogP) is 1.04. The van der Waals surface area contributed by atoms with Crippen LogP contribution < -0.4 is 10.6 Å². The monoisotopic (exact) mass is 226 g/mol. The Balaban J connectivity index is 2.11. The van der Waals surface area contributed by atoms with Crippen molar-refractivity contribution in [1.82, 2.24) is 10.6 Å². The largest absolute Gasteiger partial charge is 0.502 e. The van der Waals surface area contributed by atoms with Crippen molar-refractivity contribution in [3.8, 4) is 0 Å². The molecule has 1 amide bonds. The molecule has 2 unspecified atom stereocenters. The number of nitrogens with one attached hydrogen (secondary N) is 2. The van der Waals surface area contributed by atoms with Crippen LogP contribution >= 0.6 is 0 Å². The Bertz CT molecular complexity index is 231. The predicted molar refractivity (Wildman–Crippen MR) is 64.0 cm³/mol. The van der Waals surface area contributed by atoms with Crippen LogP contribution in [0, 0.1) is 5.92 Å². The first kappa shape index (κ1) is 13.0. The van der Waals surface area contributed by atoms with E-state index in [-0.39, 0.29) is 11.8 Å². The lowest BCUT2D eigenvalue weighted by atomic mass is 9.92. The highest BCUT2D eigenvalue weighted by atomic mass is 16.5. The lowest BCUT2D eigenvalue weighted by Gasteiger charge is -2.27. The first-order valence-electron chi connectivity index (χ1n) is 5.97. The molecule has 0 spiro atoms. The molecule has 0 radical (unpaired) electrons. The standard InChI is InChI=1S/C12H22N2O2/c1-3-16-8-4-6-14-12(15)11-5-7-13-10(2)9-11/h3,10-11,13H,1,4-9H2,2H3,(H,14,15). The summed E-state index contributed by atoms with van der Waals surface area (Å²) in [6.45, 7) is 7.83. The highest BCUT2D eigenvalue weighted by Gasteiger charge is 2.23. The fourth-order valence-electron chi connectivity index (χ4n) is 1.96. The first-order valence-corrected chi connectivity index (χ1v) is 5.97. The van der Waals surface area contributed by atoms with Crippen molar-refractivity contribution in [3.05, 3.63) is 12.8 Å². The number of carbonyl (C=O) groups excluding carboxylic acids is 1. The molecule has 0 aromatic carbocycles. The molecular weight excluding hydrogens is 204 g/mol. The van der Waals surface area contributed by atoms with Crippen LogP contribution in [-0.4, -0.2) is 31.6 Å². The molecule has 0 bridgehead atoms. The van der Waals surface area contributed by atoms with Gasteiger partial charge in [-0.05, 0) is 32.7 Å². The summed E-state index contributed by atoms with van der Waals surface area (Å²) in [7, 11) is 0. The van der Waals surface area contributed by atoms with Crippen LogP contribution in [-0.2, 0) is 9.53 Å². The molecule has 1 aliphatic heterocycles. The number of amides is 1. The molecule has 0 aromatic rings. The second-order valence-corrected chi connectivity index (χ2v) is 4.26. The van der Waals surface area contributed by atoms with Crippen molar-refractivity contribution >= 4 is 5.91 Å². The summed E-state index contributed by atoms with van der Waals surface area (Å²) in [6, 6.07) is 0.452. The van der Waals surface area contributed by atoms with Crippen LogP contribution in [0.25, 0.3) is 0 Å². The van der Waals surface area contributed by atoms with Gasteiger partial charge in [-0.15, -0.1) is 0 Å². The molecule has 1 aliphatic rings. The van der Waals surface area contributed by atoms with E-state index in [1.54, 1.807) is 0 Å². The van der Waals surface area contributed by atoms with E-state index in [2.05, 4.69) is 24.1 Å². The Morgan fingerprint density at radius 3 is 3.19 bits per heavy atom. The van der Waals surface area contributed by atoms with Crippen molar-refractivity contribution < 1.29 is 9.53 Å². The number of rotatable bonds is 6. The van der Waals surface area contributed by atoms with Crippen LogP contribution in [0.15, 0.2) is 12.8 Å². The Hall–Kier alpha value is -1.03. The van der Waals surface area contributed by atoms with Gasteiger partial charge in [-0.25, -0.2) is 0 Å². The average Bonchev–Trinajstić information content (AvgIpc) is 2.28. The van der Waals surface area contributed by atoms with Crippen LogP contribution in [0.1, 0.15) is 26.2 Å². The quantitative estimate of drug-likeness (QED) is 0.525. The van der Waals surface area contributed by atoms with E-state index in [4.69, 9.17) is 4.74 Å². The molecule has 2 N–H and O–H groups in total. The molecule has 92 valence electrons. The molecular formula is C12H22N2O2. The van der Waals surface area contributed by atoms with Crippen LogP contribution in [0.4, 0.5) is 0 Å². The van der Waals surface area contributed by atoms with Gasteiger partial charge in [-0.3, -0.25) is 4.79 Å². The number of ether oxygens (including phenoxy) is 1. The maximum Gasteiger partial charge on any atom is 0.223 e. The third-order valence-corrected chi connectivity index (χ3v) is 2.85. The Morgan fingerprint density at radius 2 is 2.50 bits per heavy atom. The van der Waals surface area contributed by atoms with Crippen molar-refractivity contribution in [2.24, 2.45) is 5.92 Å². The van der Waals surface area contributed by atoms with E-state index in [0.717, 1.165) is 25.8 Å². The van der Waals surface area contributed by atoms with Crippen molar-refractivity contribution in [3.63, 3.8) is 0 Å². The summed E-state index contributed by atoms with van der Waals surface area (Å²) >= 11 is 0. The van der Waals surface area contributed by atoms with Gasteiger partial charge in [-0.2, -0.15) is 0 Å². The highest BCUT2D eigenvalue weighted by Crippen LogP contribution is 2.15. The van der Waals surface area contributed by atoms with Crippen molar-refractivity contribution in [1.29, 1.82) is 0 Å². The van der Waals surface area contributed by atoms with E-state index in [0.29, 0.717) is 19.2 Å². The molecule has 4 nitrogen and oxygen atoms in total. The molecule has 0 aromatic heterocycles. The summed E-state index contributed by atoms with van der Waals surface area (Å²) in [4.78, 5) is 11.8. The molecule has 0 saturated carbocycles. The summed E-state index contributed by atoms with van der Waals surface area (Å²) in [5.41, 5.74) is 0. The van der Waals surface area contributed by atoms with E-state index >= 15 is 0 Å². The van der Waals surface area contributed by atoms with Gasteiger partial charge < -0.3 is 15.4 Å². The molecule has 2 atom stereocenters. The third kappa shape index (κ3) is 4.66. The minimum atomic E-state index is 0.177. The zero-order valence-corrected chi connectivity index (χ0v) is 10.00. The molecule has 1 saturated heterocycles. The number of piperidine rings is 1. The van der Waals surface area contributed by atoms with Gasteiger partial charge in [0.05, 0.1) is 12.9 Å². The summed E-state index contributed by atoms with van der Waals surface area (Å²) in [6.07, 6.45) is 4.14. The van der Waals surface area contributed by atoms with E-state index in [1.165, 1.54) is 6.26 Å². The maximum atomic E-state index is 11.8. The molecule has 16 heavy (non-hydrogen) atoms. The zero-order valence-electron chi connectivity index (χ0n) is 10.00. The lowest BCUT2D eigenvalue weighted by molar-refractivity contribution is -0.126. The summed E-state index contributed by atoms with van der Waals surface area (Å²) in [5.74, 6) is 0.364. The summed E-state index contributed by atoms with van der Waals surface area (Å²) in [5, 5.41) is 6.29. The highest BCUT2D eigenvalue weighted by molar-refractivity contribution is 5.78. The molecule has 4 heteroatoms. The van der Waals surface area contributed by atoms with Gasteiger partial charge in [0, 0.05) is 18.5 Å². The third-order valence-electron chi connectivity index (χ3n) is 2.85. The Kier molecular flexibility index (Phi) is 5.93. The fraction of sp³-hybridized carbons (Fsp3) is 0.750. The second kappa shape index (κ2) is 7.28. The van der Waals surface area contributed by atoms with Gasteiger partial charge in [0.25, 0.3) is 0 Å². The molecule has 0 aliphatic carbocycles. The average molecular weight is 226 g/mol. The zero-order chi connectivity index (χ0) is 11.8. The minimum absolute atomic E-state index is 0.177. The maximum absolute atomic E-state index is 11.8. The number of hydrogen-bond acceptors (Lipinski definition) is 3. The number of carbonyl (C=O) groups is 1. The normalized spacial score (nSPS) is 24.8. The topological polar surface area (TPSA) is 50.4 Å². The minimum Gasteiger partial charge on any atom is -0.502 e. The Labute approximate surface area is 97.4 Å². The SMILES string of the molecule is C=COCCCNC(=O)C1CCNC(C)C1. The molecule has 1 heterocycles. The number of hydrogen-bond donors (Lipinski definition) is 2. The van der Waals surface area contributed by atoms with Crippen molar-refractivity contribution in [2.45, 2.75) is 32.2 Å². The first-order chi connectivity index (χ1) is 7.74. The van der Waals surface area contributed by atoms with Gasteiger partial charge in [-0.1, -0.05) is 6.58 Å². The smallest absolute Gasteiger partial charge is 0.223 e. The van der Waals surface area contributed by atoms with E-state index < -0.39 is 0 Å². The van der Waals surface area contributed by atoms with Crippen LogP contribution in [0.3, 0.4) is 0 Å².